The number of rotatable bonds is 5. The van der Waals surface area contributed by atoms with E-state index in [1.165, 1.54) is 21.3 Å². The van der Waals surface area contributed by atoms with E-state index in [2.05, 4.69) is 0 Å². The van der Waals surface area contributed by atoms with E-state index in [0.717, 1.165) is 0 Å². The molecule has 0 amide bonds. The molecule has 118 valence electrons. The minimum Gasteiger partial charge on any atom is -0.495 e. The Morgan fingerprint density at radius 1 is 1.00 bits per heavy atom. The van der Waals surface area contributed by atoms with Crippen LogP contribution < -0.4 is 19.9 Å². The molecule has 0 aromatic heterocycles. The van der Waals surface area contributed by atoms with Crippen molar-refractivity contribution in [3.63, 3.8) is 0 Å². The van der Waals surface area contributed by atoms with Crippen molar-refractivity contribution in [2.75, 3.05) is 27.1 Å². The van der Waals surface area contributed by atoms with Crippen LogP contribution in [0.2, 0.25) is 5.02 Å². The Kier molecular flexibility index (Phi) is 5.00. The van der Waals surface area contributed by atoms with Gasteiger partial charge in [-0.15, -0.1) is 0 Å². The van der Waals surface area contributed by atoms with Crippen LogP contribution in [0.25, 0.3) is 0 Å². The van der Waals surface area contributed by atoms with E-state index in [1.54, 1.807) is 30.3 Å². The molecule has 0 saturated heterocycles. The van der Waals surface area contributed by atoms with Crippen molar-refractivity contribution >= 4 is 17.3 Å². The van der Waals surface area contributed by atoms with Crippen LogP contribution in [-0.4, -0.2) is 26.4 Å². The normalized spacial score (nSPS) is 11.9. The zero-order chi connectivity index (χ0) is 16.3. The zero-order valence-corrected chi connectivity index (χ0v) is 13.3. The average molecular weight is 324 g/mol. The van der Waals surface area contributed by atoms with Gasteiger partial charge in [0.05, 0.1) is 27.0 Å². The highest BCUT2D eigenvalue weighted by Gasteiger charge is 2.22. The summed E-state index contributed by atoms with van der Waals surface area (Å²) in [5, 5.41) is 11.1. The summed E-state index contributed by atoms with van der Waals surface area (Å²) in [5.74, 6) is 1.37. The molecule has 0 radical (unpaired) electrons. The summed E-state index contributed by atoms with van der Waals surface area (Å²) in [7, 11) is 4.53. The molecule has 1 atom stereocenters. The van der Waals surface area contributed by atoms with Crippen LogP contribution in [0, 0.1) is 0 Å². The van der Waals surface area contributed by atoms with Gasteiger partial charge in [0, 0.05) is 22.2 Å². The van der Waals surface area contributed by atoms with Gasteiger partial charge in [0.1, 0.15) is 11.9 Å². The first-order valence-corrected chi connectivity index (χ1v) is 6.93. The van der Waals surface area contributed by atoms with Gasteiger partial charge in [-0.3, -0.25) is 0 Å². The molecule has 2 aromatic rings. The molecule has 0 spiro atoms. The van der Waals surface area contributed by atoms with Crippen LogP contribution in [0.4, 0.5) is 5.69 Å². The summed E-state index contributed by atoms with van der Waals surface area (Å²) in [4.78, 5) is 0. The fourth-order valence-corrected chi connectivity index (χ4v) is 2.52. The highest BCUT2D eigenvalue weighted by Crippen LogP contribution is 2.41. The molecule has 3 N–H and O–H groups in total. The molecule has 6 heteroatoms. The van der Waals surface area contributed by atoms with Crippen LogP contribution in [0.15, 0.2) is 30.3 Å². The standard InChI is InChI=1S/C16H18ClNO4/c1-20-12-6-4-5-10(16(12)22-3)15(19)11-7-9(17)8-13(21-2)14(11)18/h4-8,15,19H,18H2,1-3H3. The minimum absolute atomic E-state index is 0.323. The largest absolute Gasteiger partial charge is 0.495 e. The lowest BCUT2D eigenvalue weighted by Crippen LogP contribution is -2.07. The molecular weight excluding hydrogens is 306 g/mol. The van der Waals surface area contributed by atoms with Crippen LogP contribution in [0.5, 0.6) is 17.2 Å². The lowest BCUT2D eigenvalue weighted by Gasteiger charge is -2.20. The van der Waals surface area contributed by atoms with Crippen molar-refractivity contribution in [1.82, 2.24) is 0 Å². The summed E-state index contributed by atoms with van der Waals surface area (Å²) >= 11 is 6.06. The summed E-state index contributed by atoms with van der Waals surface area (Å²) in [6, 6.07) is 8.44. The molecule has 0 fully saturated rings. The Hall–Kier alpha value is -2.11. The van der Waals surface area contributed by atoms with Gasteiger partial charge in [-0.1, -0.05) is 23.7 Å². The number of hydrogen-bond donors (Lipinski definition) is 2. The van der Waals surface area contributed by atoms with Crippen molar-refractivity contribution in [2.24, 2.45) is 0 Å². The summed E-state index contributed by atoms with van der Waals surface area (Å²) in [6.45, 7) is 0. The molecular formula is C16H18ClNO4. The number of ether oxygens (including phenoxy) is 3. The number of halogens is 1. The third-order valence-electron chi connectivity index (χ3n) is 3.38. The van der Waals surface area contributed by atoms with Gasteiger partial charge in [0.15, 0.2) is 11.5 Å². The number of aliphatic hydroxyl groups excluding tert-OH is 1. The van der Waals surface area contributed by atoms with Gasteiger partial charge in [0.2, 0.25) is 0 Å². The first-order chi connectivity index (χ1) is 10.5. The fourth-order valence-electron chi connectivity index (χ4n) is 2.30. The minimum atomic E-state index is -1.03. The first-order valence-electron chi connectivity index (χ1n) is 6.55. The smallest absolute Gasteiger partial charge is 0.166 e. The number of aliphatic hydroxyl groups is 1. The average Bonchev–Trinajstić information content (AvgIpc) is 2.54. The highest BCUT2D eigenvalue weighted by atomic mass is 35.5. The van der Waals surface area contributed by atoms with Crippen LogP contribution in [-0.2, 0) is 0 Å². The zero-order valence-electron chi connectivity index (χ0n) is 12.6. The number of methoxy groups -OCH3 is 3. The number of anilines is 1. The number of nitrogens with two attached hydrogens (primary N) is 1. The third-order valence-corrected chi connectivity index (χ3v) is 3.60. The topological polar surface area (TPSA) is 73.9 Å². The molecule has 2 rings (SSSR count). The van der Waals surface area contributed by atoms with Gasteiger partial charge >= 0.3 is 0 Å². The number of nitrogen functional groups attached to an aromatic ring is 1. The van der Waals surface area contributed by atoms with Crippen LogP contribution in [0.3, 0.4) is 0 Å². The van der Waals surface area contributed by atoms with E-state index in [1.807, 2.05) is 0 Å². The van der Waals surface area contributed by atoms with Gasteiger partial charge in [-0.05, 0) is 12.1 Å². The van der Waals surface area contributed by atoms with Gasteiger partial charge in [-0.2, -0.15) is 0 Å². The molecule has 2 aromatic carbocycles. The lowest BCUT2D eigenvalue weighted by atomic mass is 9.98. The van der Waals surface area contributed by atoms with E-state index in [9.17, 15) is 5.11 Å². The molecule has 0 aliphatic heterocycles. The third kappa shape index (κ3) is 2.91. The van der Waals surface area contributed by atoms with Crippen LogP contribution in [0.1, 0.15) is 17.2 Å². The van der Waals surface area contributed by atoms with Crippen molar-refractivity contribution in [3.05, 3.63) is 46.5 Å². The Morgan fingerprint density at radius 3 is 2.27 bits per heavy atom. The van der Waals surface area contributed by atoms with E-state index in [0.29, 0.717) is 39.1 Å². The van der Waals surface area contributed by atoms with E-state index in [-0.39, 0.29) is 0 Å². The Balaban J connectivity index is 2.58. The molecule has 5 nitrogen and oxygen atoms in total. The van der Waals surface area contributed by atoms with Gasteiger partial charge < -0.3 is 25.1 Å². The van der Waals surface area contributed by atoms with Gasteiger partial charge in [0.25, 0.3) is 0 Å². The van der Waals surface area contributed by atoms with Crippen LogP contribution >= 0.6 is 11.6 Å². The Labute approximate surface area is 134 Å². The predicted octanol–water partition coefficient (Wildman–Crippen LogP) is 3.03. The first kappa shape index (κ1) is 16.3. The van der Waals surface area contributed by atoms with E-state index >= 15 is 0 Å². The highest BCUT2D eigenvalue weighted by molar-refractivity contribution is 6.31. The second-order valence-corrected chi connectivity index (χ2v) is 5.03. The molecule has 0 aliphatic rings. The second kappa shape index (κ2) is 6.77. The molecule has 1 unspecified atom stereocenters. The number of benzene rings is 2. The molecule has 0 saturated carbocycles. The van der Waals surface area contributed by atoms with Crippen molar-refractivity contribution < 1.29 is 19.3 Å². The van der Waals surface area contributed by atoms with Crippen molar-refractivity contribution in [3.8, 4) is 17.2 Å². The quantitative estimate of drug-likeness (QED) is 0.827. The predicted molar refractivity (Wildman–Crippen MR) is 86.0 cm³/mol. The number of para-hydroxylation sites is 1. The van der Waals surface area contributed by atoms with E-state index < -0.39 is 6.10 Å². The summed E-state index contributed by atoms with van der Waals surface area (Å²) in [5.41, 5.74) is 7.34. The molecule has 0 heterocycles. The van der Waals surface area contributed by atoms with E-state index in [4.69, 9.17) is 31.5 Å². The SMILES string of the molecule is COc1cc(Cl)cc(C(O)c2cccc(OC)c2OC)c1N. The monoisotopic (exact) mass is 323 g/mol. The van der Waals surface area contributed by atoms with Gasteiger partial charge in [-0.25, -0.2) is 0 Å². The van der Waals surface area contributed by atoms with Crippen molar-refractivity contribution in [2.45, 2.75) is 6.10 Å². The molecule has 22 heavy (non-hydrogen) atoms. The molecule has 0 bridgehead atoms. The summed E-state index contributed by atoms with van der Waals surface area (Å²) in [6.07, 6.45) is -1.03. The maximum atomic E-state index is 10.7. The molecule has 0 aliphatic carbocycles. The Morgan fingerprint density at radius 2 is 1.68 bits per heavy atom. The van der Waals surface area contributed by atoms with Crippen molar-refractivity contribution in [1.29, 1.82) is 0 Å². The Bertz CT molecular complexity index is 675. The summed E-state index contributed by atoms with van der Waals surface area (Å²) < 4.78 is 15.8. The lowest BCUT2D eigenvalue weighted by molar-refractivity contribution is 0.213. The second-order valence-electron chi connectivity index (χ2n) is 4.60. The fraction of sp³-hybridized carbons (Fsp3) is 0.250. The maximum Gasteiger partial charge on any atom is 0.166 e. The number of hydrogen-bond acceptors (Lipinski definition) is 5. The maximum absolute atomic E-state index is 10.7.